The molecule has 2 aromatic rings. The number of thiocarbonyl (C=S) groups is 1. The molecule has 0 fully saturated rings. The molecule has 154 valence electrons. The zero-order valence-corrected chi connectivity index (χ0v) is 18.0. The van der Waals surface area contributed by atoms with Crippen molar-refractivity contribution in [2.75, 3.05) is 18.5 Å². The number of carbonyl (C=O) groups excluding carboxylic acids is 1. The van der Waals surface area contributed by atoms with Gasteiger partial charge in [-0.1, -0.05) is 38.6 Å². The molecule has 0 radical (unpaired) electrons. The van der Waals surface area contributed by atoms with Crippen molar-refractivity contribution in [1.29, 1.82) is 0 Å². The number of amides is 1. The minimum atomic E-state index is -0.308. The highest BCUT2D eigenvalue weighted by molar-refractivity contribution is 7.80. The Balaban J connectivity index is 1.96. The van der Waals surface area contributed by atoms with Gasteiger partial charge in [-0.25, -0.2) is 0 Å². The Labute approximate surface area is 178 Å². The molecule has 0 aromatic heterocycles. The van der Waals surface area contributed by atoms with Crippen molar-refractivity contribution in [3.8, 4) is 11.5 Å². The van der Waals surface area contributed by atoms with E-state index in [-0.39, 0.29) is 11.0 Å². The summed E-state index contributed by atoms with van der Waals surface area (Å²) in [4.78, 5) is 12.5. The van der Waals surface area contributed by atoms with Crippen LogP contribution >= 0.6 is 12.2 Å². The van der Waals surface area contributed by atoms with E-state index in [9.17, 15) is 4.79 Å². The van der Waals surface area contributed by atoms with Crippen molar-refractivity contribution >= 4 is 28.9 Å². The van der Waals surface area contributed by atoms with E-state index in [2.05, 4.69) is 31.1 Å². The van der Waals surface area contributed by atoms with Crippen LogP contribution in [-0.2, 0) is 0 Å². The van der Waals surface area contributed by atoms with Gasteiger partial charge in [0, 0.05) is 5.56 Å². The zero-order valence-electron chi connectivity index (χ0n) is 17.2. The van der Waals surface area contributed by atoms with Crippen LogP contribution in [0.1, 0.15) is 37.6 Å². The molecule has 0 aliphatic rings. The molecular formula is C23H28N2O3S. The van der Waals surface area contributed by atoms with Crippen molar-refractivity contribution < 1.29 is 14.3 Å². The highest BCUT2D eigenvalue weighted by Gasteiger charge is 2.11. The first kappa shape index (κ1) is 22.4. The molecule has 6 heteroatoms. The fourth-order valence-corrected chi connectivity index (χ4v) is 2.57. The monoisotopic (exact) mass is 412 g/mol. The standard InChI is InChI=1S/C23H28N2O3S/c1-16(2)12-13-27-19-9-7-8-18(14-19)22(26)25-23(29)24-20-10-5-6-11-21(20)28-15-17(3)4/h5-11,14,16H,3,12-13,15H2,1-2,4H3,(H2,24,25,26,29). The van der Waals surface area contributed by atoms with Crippen molar-refractivity contribution in [3.63, 3.8) is 0 Å². The smallest absolute Gasteiger partial charge is 0.257 e. The predicted octanol–water partition coefficient (Wildman–Crippen LogP) is 5.19. The topological polar surface area (TPSA) is 59.6 Å². The molecule has 0 spiro atoms. The van der Waals surface area contributed by atoms with Gasteiger partial charge in [0.2, 0.25) is 0 Å². The molecule has 1 amide bonds. The Morgan fingerprint density at radius 1 is 1.14 bits per heavy atom. The largest absolute Gasteiger partial charge is 0.494 e. The molecule has 0 heterocycles. The number of benzene rings is 2. The highest BCUT2D eigenvalue weighted by Crippen LogP contribution is 2.24. The molecule has 2 N–H and O–H groups in total. The maximum absolute atomic E-state index is 12.5. The number of carbonyl (C=O) groups is 1. The second-order valence-electron chi connectivity index (χ2n) is 7.21. The fraction of sp³-hybridized carbons (Fsp3) is 0.304. The van der Waals surface area contributed by atoms with Crippen molar-refractivity contribution in [2.45, 2.75) is 27.2 Å². The summed E-state index contributed by atoms with van der Waals surface area (Å²) in [6, 6.07) is 14.4. The average Bonchev–Trinajstić information content (AvgIpc) is 2.67. The van der Waals surface area contributed by atoms with E-state index in [0.29, 0.717) is 41.9 Å². The Kier molecular flexibility index (Phi) is 8.68. The Bertz CT molecular complexity index is 865. The number of nitrogens with one attached hydrogen (secondary N) is 2. The number of ether oxygens (including phenoxy) is 2. The number of hydrogen-bond donors (Lipinski definition) is 2. The summed E-state index contributed by atoms with van der Waals surface area (Å²) in [5.41, 5.74) is 2.05. The van der Waals surface area contributed by atoms with E-state index >= 15 is 0 Å². The van der Waals surface area contributed by atoms with Crippen molar-refractivity contribution in [2.24, 2.45) is 5.92 Å². The van der Waals surface area contributed by atoms with Crippen LogP contribution in [0.15, 0.2) is 60.7 Å². The van der Waals surface area contributed by atoms with Crippen LogP contribution in [0.4, 0.5) is 5.69 Å². The summed E-state index contributed by atoms with van der Waals surface area (Å²) in [5.74, 6) is 1.55. The van der Waals surface area contributed by atoms with Gasteiger partial charge >= 0.3 is 0 Å². The lowest BCUT2D eigenvalue weighted by Gasteiger charge is -2.14. The first-order valence-corrected chi connectivity index (χ1v) is 9.97. The second-order valence-corrected chi connectivity index (χ2v) is 7.62. The molecule has 5 nitrogen and oxygen atoms in total. The van der Waals surface area contributed by atoms with Gasteiger partial charge in [-0.3, -0.25) is 10.1 Å². The van der Waals surface area contributed by atoms with Crippen LogP contribution in [0.2, 0.25) is 0 Å². The van der Waals surface area contributed by atoms with E-state index in [1.807, 2.05) is 37.3 Å². The summed E-state index contributed by atoms with van der Waals surface area (Å²) < 4.78 is 11.4. The third-order valence-corrected chi connectivity index (χ3v) is 4.10. The SMILES string of the molecule is C=C(C)COc1ccccc1NC(=S)NC(=O)c1cccc(OCCC(C)C)c1. The predicted molar refractivity (Wildman–Crippen MR) is 122 cm³/mol. The Hall–Kier alpha value is -2.86. The second kappa shape index (κ2) is 11.2. The van der Waals surface area contributed by atoms with Gasteiger partial charge in [-0.2, -0.15) is 0 Å². The maximum Gasteiger partial charge on any atom is 0.257 e. The average molecular weight is 413 g/mol. The Morgan fingerprint density at radius 2 is 1.90 bits per heavy atom. The quantitative estimate of drug-likeness (QED) is 0.438. The van der Waals surface area contributed by atoms with Crippen LogP contribution < -0.4 is 20.1 Å². The summed E-state index contributed by atoms with van der Waals surface area (Å²) >= 11 is 5.29. The molecule has 0 bridgehead atoms. The molecule has 29 heavy (non-hydrogen) atoms. The van der Waals surface area contributed by atoms with Crippen LogP contribution in [-0.4, -0.2) is 24.2 Å². The van der Waals surface area contributed by atoms with Crippen molar-refractivity contribution in [3.05, 3.63) is 66.2 Å². The molecular weight excluding hydrogens is 384 g/mol. The van der Waals surface area contributed by atoms with Gasteiger partial charge in [-0.15, -0.1) is 0 Å². The molecule has 0 saturated carbocycles. The summed E-state index contributed by atoms with van der Waals surface area (Å²) in [6.07, 6.45) is 0.956. The molecule has 0 aliphatic heterocycles. The number of anilines is 1. The van der Waals surface area contributed by atoms with Crippen LogP contribution in [0, 0.1) is 5.92 Å². The first-order chi connectivity index (χ1) is 13.8. The summed E-state index contributed by atoms with van der Waals surface area (Å²) in [7, 11) is 0. The Morgan fingerprint density at radius 3 is 2.62 bits per heavy atom. The lowest BCUT2D eigenvalue weighted by atomic mass is 10.1. The summed E-state index contributed by atoms with van der Waals surface area (Å²) in [5, 5.41) is 5.89. The number of hydrogen-bond acceptors (Lipinski definition) is 4. The van der Waals surface area contributed by atoms with Gasteiger partial charge in [0.1, 0.15) is 18.1 Å². The van der Waals surface area contributed by atoms with Gasteiger partial charge in [0.05, 0.1) is 12.3 Å². The lowest BCUT2D eigenvalue weighted by molar-refractivity contribution is 0.0977. The molecule has 0 atom stereocenters. The van der Waals surface area contributed by atoms with Crippen LogP contribution in [0.5, 0.6) is 11.5 Å². The van der Waals surface area contributed by atoms with Crippen LogP contribution in [0.25, 0.3) is 0 Å². The van der Waals surface area contributed by atoms with E-state index in [0.717, 1.165) is 12.0 Å². The lowest BCUT2D eigenvalue weighted by Crippen LogP contribution is -2.34. The molecule has 2 aromatic carbocycles. The van der Waals surface area contributed by atoms with E-state index in [1.165, 1.54) is 0 Å². The van der Waals surface area contributed by atoms with E-state index in [1.54, 1.807) is 18.2 Å². The number of para-hydroxylation sites is 2. The molecule has 0 saturated heterocycles. The minimum Gasteiger partial charge on any atom is -0.494 e. The number of rotatable bonds is 9. The molecule has 2 rings (SSSR count). The van der Waals surface area contributed by atoms with Crippen LogP contribution in [0.3, 0.4) is 0 Å². The first-order valence-electron chi connectivity index (χ1n) is 9.56. The van der Waals surface area contributed by atoms with E-state index in [4.69, 9.17) is 21.7 Å². The van der Waals surface area contributed by atoms with Gasteiger partial charge < -0.3 is 14.8 Å². The van der Waals surface area contributed by atoms with Gasteiger partial charge in [0.15, 0.2) is 5.11 Å². The van der Waals surface area contributed by atoms with Crippen molar-refractivity contribution in [1.82, 2.24) is 5.32 Å². The maximum atomic E-state index is 12.5. The summed E-state index contributed by atoms with van der Waals surface area (Å²) in [6.45, 7) is 11.0. The minimum absolute atomic E-state index is 0.188. The van der Waals surface area contributed by atoms with Gasteiger partial charge in [-0.05, 0) is 67.4 Å². The molecule has 0 aliphatic carbocycles. The third-order valence-electron chi connectivity index (χ3n) is 3.90. The highest BCUT2D eigenvalue weighted by atomic mass is 32.1. The third kappa shape index (κ3) is 7.95. The van der Waals surface area contributed by atoms with E-state index < -0.39 is 0 Å². The molecule has 0 unspecified atom stereocenters. The van der Waals surface area contributed by atoms with Gasteiger partial charge in [0.25, 0.3) is 5.91 Å². The normalized spacial score (nSPS) is 10.3. The fourth-order valence-electron chi connectivity index (χ4n) is 2.37. The zero-order chi connectivity index (χ0) is 21.2.